The molecule has 0 rings (SSSR count). The van der Waals surface area contributed by atoms with E-state index in [0.717, 1.165) is 13.2 Å². The molecule has 0 aliphatic rings. The van der Waals surface area contributed by atoms with E-state index in [-0.39, 0.29) is 0 Å². The van der Waals surface area contributed by atoms with Crippen molar-refractivity contribution < 1.29 is 4.74 Å². The Labute approximate surface area is 89.4 Å². The number of hydrogen-bond acceptors (Lipinski definition) is 2. The normalized spacial score (nSPS) is 15.4. The first-order valence-corrected chi connectivity index (χ1v) is 6.11. The summed E-state index contributed by atoms with van der Waals surface area (Å²) < 4.78 is 5.62. The highest BCUT2D eigenvalue weighted by molar-refractivity contribution is 4.73. The second-order valence-electron chi connectivity index (χ2n) is 3.82. The van der Waals surface area contributed by atoms with Crippen LogP contribution in [0.2, 0.25) is 0 Å². The second kappa shape index (κ2) is 9.47. The van der Waals surface area contributed by atoms with Gasteiger partial charge in [-0.15, -0.1) is 0 Å². The van der Waals surface area contributed by atoms with Crippen molar-refractivity contribution in [1.29, 1.82) is 0 Å². The van der Waals surface area contributed by atoms with E-state index in [4.69, 9.17) is 4.74 Å². The van der Waals surface area contributed by atoms with Crippen molar-refractivity contribution >= 4 is 0 Å². The van der Waals surface area contributed by atoms with Gasteiger partial charge in [-0.3, -0.25) is 0 Å². The largest absolute Gasteiger partial charge is 0.377 e. The zero-order valence-electron chi connectivity index (χ0n) is 10.3. The molecule has 86 valence electrons. The number of ether oxygens (including phenoxy) is 1. The Bertz CT molecular complexity index is 117. The van der Waals surface area contributed by atoms with Crippen molar-refractivity contribution in [3.05, 3.63) is 0 Å². The van der Waals surface area contributed by atoms with Crippen LogP contribution in [0.15, 0.2) is 0 Å². The molecule has 0 fully saturated rings. The Hall–Kier alpha value is -0.0800. The molecule has 2 nitrogen and oxygen atoms in total. The number of rotatable bonds is 9. The SMILES string of the molecule is CCCCCC(NCC)C(C)OCC. The van der Waals surface area contributed by atoms with E-state index in [9.17, 15) is 0 Å². The molecule has 0 aromatic rings. The van der Waals surface area contributed by atoms with Gasteiger partial charge in [-0.2, -0.15) is 0 Å². The lowest BCUT2D eigenvalue weighted by molar-refractivity contribution is 0.0450. The molecule has 0 saturated heterocycles. The van der Waals surface area contributed by atoms with Gasteiger partial charge in [-0.25, -0.2) is 0 Å². The molecule has 0 aliphatic carbocycles. The maximum atomic E-state index is 5.62. The van der Waals surface area contributed by atoms with Gasteiger partial charge < -0.3 is 10.1 Å². The fourth-order valence-electron chi connectivity index (χ4n) is 1.76. The average molecular weight is 201 g/mol. The van der Waals surface area contributed by atoms with Gasteiger partial charge in [-0.05, 0) is 26.8 Å². The van der Waals surface area contributed by atoms with Gasteiger partial charge in [0, 0.05) is 12.6 Å². The molecule has 0 aromatic heterocycles. The van der Waals surface area contributed by atoms with Crippen LogP contribution in [-0.2, 0) is 4.74 Å². The van der Waals surface area contributed by atoms with Crippen molar-refractivity contribution in [1.82, 2.24) is 5.32 Å². The van der Waals surface area contributed by atoms with Crippen LogP contribution in [0.4, 0.5) is 0 Å². The van der Waals surface area contributed by atoms with Crippen LogP contribution in [0.25, 0.3) is 0 Å². The van der Waals surface area contributed by atoms with Crippen molar-refractivity contribution in [3.8, 4) is 0 Å². The summed E-state index contributed by atoms with van der Waals surface area (Å²) in [7, 11) is 0. The Morgan fingerprint density at radius 3 is 2.36 bits per heavy atom. The number of likely N-dealkylation sites (N-methyl/N-ethyl adjacent to an activating group) is 1. The fourth-order valence-corrected chi connectivity index (χ4v) is 1.76. The maximum absolute atomic E-state index is 5.62. The molecule has 14 heavy (non-hydrogen) atoms. The summed E-state index contributed by atoms with van der Waals surface area (Å²) in [5.41, 5.74) is 0. The van der Waals surface area contributed by atoms with E-state index >= 15 is 0 Å². The Morgan fingerprint density at radius 1 is 1.14 bits per heavy atom. The number of nitrogens with one attached hydrogen (secondary N) is 1. The van der Waals surface area contributed by atoms with Crippen LogP contribution >= 0.6 is 0 Å². The smallest absolute Gasteiger partial charge is 0.0699 e. The molecular weight excluding hydrogens is 174 g/mol. The van der Waals surface area contributed by atoms with Crippen LogP contribution in [-0.4, -0.2) is 25.3 Å². The highest BCUT2D eigenvalue weighted by atomic mass is 16.5. The molecule has 2 heteroatoms. The minimum atomic E-state index is 0.344. The molecule has 2 unspecified atom stereocenters. The monoisotopic (exact) mass is 201 g/mol. The standard InChI is InChI=1S/C12H27NO/c1-5-8-9-10-12(13-6-2)11(4)14-7-3/h11-13H,5-10H2,1-4H3. The van der Waals surface area contributed by atoms with Gasteiger partial charge in [0.1, 0.15) is 0 Å². The summed E-state index contributed by atoms with van der Waals surface area (Å²) in [6.07, 6.45) is 5.52. The fraction of sp³-hybridized carbons (Fsp3) is 1.00. The van der Waals surface area contributed by atoms with Crippen molar-refractivity contribution in [2.24, 2.45) is 0 Å². The summed E-state index contributed by atoms with van der Waals surface area (Å²) in [6.45, 7) is 10.5. The van der Waals surface area contributed by atoms with Gasteiger partial charge in [0.15, 0.2) is 0 Å². The van der Waals surface area contributed by atoms with Crippen LogP contribution in [0.1, 0.15) is 53.4 Å². The minimum absolute atomic E-state index is 0.344. The summed E-state index contributed by atoms with van der Waals surface area (Å²) in [5, 5.41) is 3.50. The molecule has 0 amide bonds. The number of unbranched alkanes of at least 4 members (excludes halogenated alkanes) is 2. The van der Waals surface area contributed by atoms with Crippen LogP contribution in [0, 0.1) is 0 Å². The molecule has 0 aromatic carbocycles. The first-order valence-electron chi connectivity index (χ1n) is 6.11. The van der Waals surface area contributed by atoms with Gasteiger partial charge in [0.05, 0.1) is 6.10 Å². The van der Waals surface area contributed by atoms with E-state index in [1.165, 1.54) is 25.7 Å². The van der Waals surface area contributed by atoms with Crippen molar-refractivity contribution in [2.45, 2.75) is 65.5 Å². The third-order valence-electron chi connectivity index (χ3n) is 2.58. The highest BCUT2D eigenvalue weighted by Gasteiger charge is 2.15. The quantitative estimate of drug-likeness (QED) is 0.579. The lowest BCUT2D eigenvalue weighted by Crippen LogP contribution is -2.39. The molecule has 0 aliphatic heterocycles. The molecule has 0 heterocycles. The molecule has 0 saturated carbocycles. The highest BCUT2D eigenvalue weighted by Crippen LogP contribution is 2.09. The first-order chi connectivity index (χ1) is 6.76. The number of hydrogen-bond donors (Lipinski definition) is 1. The van der Waals surface area contributed by atoms with Gasteiger partial charge in [0.2, 0.25) is 0 Å². The average Bonchev–Trinajstić information content (AvgIpc) is 2.17. The molecule has 2 atom stereocenters. The predicted octanol–water partition coefficient (Wildman–Crippen LogP) is 2.97. The third-order valence-corrected chi connectivity index (χ3v) is 2.58. The third kappa shape index (κ3) is 6.39. The van der Waals surface area contributed by atoms with Gasteiger partial charge in [-0.1, -0.05) is 33.1 Å². The van der Waals surface area contributed by atoms with E-state index < -0.39 is 0 Å². The Morgan fingerprint density at radius 2 is 1.86 bits per heavy atom. The first kappa shape index (κ1) is 13.9. The summed E-state index contributed by atoms with van der Waals surface area (Å²) in [5.74, 6) is 0. The molecule has 0 spiro atoms. The minimum Gasteiger partial charge on any atom is -0.377 e. The summed E-state index contributed by atoms with van der Waals surface area (Å²) in [6, 6.07) is 0.534. The van der Waals surface area contributed by atoms with E-state index in [2.05, 4.69) is 33.0 Å². The van der Waals surface area contributed by atoms with Crippen LogP contribution < -0.4 is 5.32 Å². The topological polar surface area (TPSA) is 21.3 Å². The molecule has 1 N–H and O–H groups in total. The molecule has 0 bridgehead atoms. The Balaban J connectivity index is 3.74. The summed E-state index contributed by atoms with van der Waals surface area (Å²) in [4.78, 5) is 0. The molecular formula is C12H27NO. The van der Waals surface area contributed by atoms with E-state index in [0.29, 0.717) is 12.1 Å². The van der Waals surface area contributed by atoms with Crippen LogP contribution in [0.5, 0.6) is 0 Å². The zero-order chi connectivity index (χ0) is 10.8. The second-order valence-corrected chi connectivity index (χ2v) is 3.82. The van der Waals surface area contributed by atoms with Gasteiger partial charge >= 0.3 is 0 Å². The summed E-state index contributed by atoms with van der Waals surface area (Å²) >= 11 is 0. The lowest BCUT2D eigenvalue weighted by Gasteiger charge is -2.24. The van der Waals surface area contributed by atoms with Crippen molar-refractivity contribution in [3.63, 3.8) is 0 Å². The Kier molecular flexibility index (Phi) is 9.42. The predicted molar refractivity (Wildman–Crippen MR) is 62.7 cm³/mol. The maximum Gasteiger partial charge on any atom is 0.0699 e. The van der Waals surface area contributed by atoms with Crippen LogP contribution in [0.3, 0.4) is 0 Å². The van der Waals surface area contributed by atoms with Crippen molar-refractivity contribution in [2.75, 3.05) is 13.2 Å². The molecule has 0 radical (unpaired) electrons. The lowest BCUT2D eigenvalue weighted by atomic mass is 10.0. The van der Waals surface area contributed by atoms with Gasteiger partial charge in [0.25, 0.3) is 0 Å². The zero-order valence-corrected chi connectivity index (χ0v) is 10.3. The van der Waals surface area contributed by atoms with E-state index in [1.54, 1.807) is 0 Å². The van der Waals surface area contributed by atoms with E-state index in [1.807, 2.05) is 0 Å².